The van der Waals surface area contributed by atoms with Crippen LogP contribution in [0.4, 0.5) is 0 Å². The molecule has 0 aliphatic carbocycles. The van der Waals surface area contributed by atoms with Crippen LogP contribution < -0.4 is 17.0 Å². The van der Waals surface area contributed by atoms with Crippen molar-refractivity contribution in [3.8, 4) is 0 Å². The molecule has 11 heteroatoms. The van der Waals surface area contributed by atoms with Gasteiger partial charge in [-0.2, -0.15) is 0 Å². The monoisotopic (exact) mass is 647 g/mol. The zero-order valence-electron chi connectivity index (χ0n) is 23.6. The van der Waals surface area contributed by atoms with Crippen LogP contribution in [0.15, 0.2) is 84.0 Å². The number of hydrogen-bond acceptors (Lipinski definition) is 6. The van der Waals surface area contributed by atoms with E-state index >= 15 is 0 Å². The average Bonchev–Trinajstić information content (AvgIpc) is 3.53. The molecule has 0 bridgehead atoms. The molecule has 0 radical (unpaired) electrons. The van der Waals surface area contributed by atoms with Gasteiger partial charge in [0.2, 0.25) is 0 Å². The van der Waals surface area contributed by atoms with Crippen molar-refractivity contribution in [2.75, 3.05) is 13.1 Å². The molecule has 1 saturated heterocycles. The predicted molar refractivity (Wildman–Crippen MR) is 159 cm³/mol. The minimum absolute atomic E-state index is 0. The number of aliphatic hydroxyl groups is 1. The van der Waals surface area contributed by atoms with Crippen LogP contribution >= 0.6 is 0 Å². The molecule has 3 aromatic heterocycles. The average molecular weight is 649 g/mol. The maximum absolute atomic E-state index is 13.4. The van der Waals surface area contributed by atoms with Crippen LogP contribution in [0.3, 0.4) is 0 Å². The summed E-state index contributed by atoms with van der Waals surface area (Å²) in [6.07, 6.45) is 4.97. The number of likely N-dealkylation sites (tertiary alicyclic amines) is 1. The Hall–Kier alpha value is -2.28. The van der Waals surface area contributed by atoms with Crippen molar-refractivity contribution in [1.82, 2.24) is 23.4 Å². The zero-order valence-corrected chi connectivity index (χ0v) is 27.4. The molecule has 8 nitrogen and oxygen atoms in total. The van der Waals surface area contributed by atoms with Crippen molar-refractivity contribution < 1.29 is 30.5 Å². The maximum atomic E-state index is 13.4. The second-order valence-corrected chi connectivity index (χ2v) is 12.3. The summed E-state index contributed by atoms with van der Waals surface area (Å²) < 4.78 is 30.2. The van der Waals surface area contributed by atoms with Gasteiger partial charge in [-0.05, 0) is 50.5 Å². The van der Waals surface area contributed by atoms with Crippen LogP contribution in [0.2, 0.25) is 0 Å². The van der Waals surface area contributed by atoms with E-state index in [4.69, 9.17) is 4.98 Å². The van der Waals surface area contributed by atoms with E-state index in [0.29, 0.717) is 22.4 Å². The fourth-order valence-electron chi connectivity index (χ4n) is 5.51. The standard InChI is InChI=1S/C29H31N5O3S.CH3.BrH.Mg/c1-29(2,35)28-31-25-19-30-27-24(15-18-33(27)38(36,37)23-11-7-4-8-12-23)26(25)34(28)22-13-16-32(17-14-22)20-21-9-5-3-6-10-21;;;/h3-12,15,18-19,22,35H,13-14,16-17,20H2,1-2H3;1H3;1H;/q;-1;;+2/p-1. The number of fused-ring (bicyclic) bond motifs is 3. The van der Waals surface area contributed by atoms with Crippen LogP contribution in [-0.4, -0.2) is 73.1 Å². The predicted octanol–water partition coefficient (Wildman–Crippen LogP) is 1.76. The fourth-order valence-corrected chi connectivity index (χ4v) is 6.83. The van der Waals surface area contributed by atoms with Gasteiger partial charge >= 0.3 is 23.1 Å². The van der Waals surface area contributed by atoms with Crippen LogP contribution in [0.1, 0.15) is 44.1 Å². The van der Waals surface area contributed by atoms with E-state index in [2.05, 4.69) is 38.7 Å². The zero-order chi connectivity index (χ0) is 26.5. The normalized spacial score (nSPS) is 14.8. The molecule has 41 heavy (non-hydrogen) atoms. The molecule has 0 atom stereocenters. The molecule has 6 rings (SSSR count). The van der Waals surface area contributed by atoms with Gasteiger partial charge in [0, 0.05) is 37.3 Å². The molecule has 1 N–H and O–H groups in total. The molecule has 0 unspecified atom stereocenters. The number of benzene rings is 2. The van der Waals surface area contributed by atoms with Crippen LogP contribution in [0.25, 0.3) is 22.1 Å². The van der Waals surface area contributed by atoms with Crippen LogP contribution in [0, 0.1) is 7.43 Å². The molecule has 0 saturated carbocycles. The summed E-state index contributed by atoms with van der Waals surface area (Å²) in [6.45, 7) is 6.23. The molecule has 4 heterocycles. The molecule has 2 aromatic carbocycles. The van der Waals surface area contributed by atoms with Crippen molar-refractivity contribution in [1.29, 1.82) is 0 Å². The number of piperidine rings is 1. The first-order chi connectivity index (χ1) is 18.2. The summed E-state index contributed by atoms with van der Waals surface area (Å²) in [5.74, 6) is 0.571. The van der Waals surface area contributed by atoms with Gasteiger partial charge in [-0.1, -0.05) is 48.5 Å². The fraction of sp³-hybridized carbons (Fsp3) is 0.300. The number of pyridine rings is 1. The Bertz CT molecular complexity index is 1710. The topological polar surface area (TPSA) is 93.3 Å². The molecule has 0 spiro atoms. The molecule has 212 valence electrons. The van der Waals surface area contributed by atoms with E-state index in [0.717, 1.165) is 38.0 Å². The van der Waals surface area contributed by atoms with Crippen LogP contribution in [0.5, 0.6) is 0 Å². The number of rotatable bonds is 6. The summed E-state index contributed by atoms with van der Waals surface area (Å²) in [5.41, 5.74) is 1.94. The number of imidazole rings is 1. The van der Waals surface area contributed by atoms with Crippen molar-refractivity contribution in [3.05, 3.63) is 97.9 Å². The Morgan fingerprint density at radius 2 is 1.59 bits per heavy atom. The number of halogens is 1. The van der Waals surface area contributed by atoms with Crippen molar-refractivity contribution in [3.63, 3.8) is 0 Å². The summed E-state index contributed by atoms with van der Waals surface area (Å²) in [5, 5.41) is 11.8. The summed E-state index contributed by atoms with van der Waals surface area (Å²) in [4.78, 5) is 12.0. The Labute approximate surface area is 268 Å². The van der Waals surface area contributed by atoms with Gasteiger partial charge < -0.3 is 34.1 Å². The Balaban J connectivity index is 0.00000154. The van der Waals surface area contributed by atoms with Crippen molar-refractivity contribution >= 4 is 55.1 Å². The largest absolute Gasteiger partial charge is 2.00 e. The van der Waals surface area contributed by atoms with Crippen molar-refractivity contribution in [2.45, 2.75) is 49.8 Å². The summed E-state index contributed by atoms with van der Waals surface area (Å²) in [6, 6.07) is 20.8. The third-order valence-electron chi connectivity index (χ3n) is 7.35. The number of aromatic nitrogens is 4. The Kier molecular flexibility index (Phi) is 10.5. The van der Waals surface area contributed by atoms with E-state index in [-0.39, 0.29) is 58.4 Å². The first kappa shape index (κ1) is 33.2. The molecule has 1 fully saturated rings. The smallest absolute Gasteiger partial charge is 1.00 e. The molecule has 1 aliphatic heterocycles. The van der Waals surface area contributed by atoms with Crippen molar-refractivity contribution in [2.24, 2.45) is 0 Å². The molecule has 0 amide bonds. The Morgan fingerprint density at radius 1 is 0.976 bits per heavy atom. The van der Waals surface area contributed by atoms with Gasteiger partial charge in [0.1, 0.15) is 16.9 Å². The molecule has 1 aliphatic rings. The van der Waals surface area contributed by atoms with E-state index in [1.54, 1.807) is 62.6 Å². The first-order valence-electron chi connectivity index (χ1n) is 12.9. The number of nitrogens with zero attached hydrogens (tertiary/aromatic N) is 5. The van der Waals surface area contributed by atoms with Gasteiger partial charge in [-0.3, -0.25) is 4.90 Å². The minimum Gasteiger partial charge on any atom is -1.00 e. The second kappa shape index (κ2) is 12.9. The van der Waals surface area contributed by atoms with E-state index < -0.39 is 15.6 Å². The van der Waals surface area contributed by atoms with Gasteiger partial charge in [0.15, 0.2) is 5.65 Å². The third kappa shape index (κ3) is 6.25. The Morgan fingerprint density at radius 3 is 2.20 bits per heavy atom. The molecular formula is C30H34BrMgN5O3S. The quantitative estimate of drug-likeness (QED) is 0.223. The van der Waals surface area contributed by atoms with Gasteiger partial charge in [-0.25, -0.2) is 22.4 Å². The third-order valence-corrected chi connectivity index (χ3v) is 9.03. The van der Waals surface area contributed by atoms with E-state index in [1.165, 1.54) is 9.54 Å². The van der Waals surface area contributed by atoms with Gasteiger partial charge in [0.25, 0.3) is 10.0 Å². The molecule has 5 aromatic rings. The SMILES string of the molecule is CC(C)(O)c1nc2cnc3c(ccn3S(=O)(=O)c3ccccc3)c2n1C1CCN(Cc2ccccc2)CC1.[Br-].[CH3-].[Mg+2]. The number of hydrogen-bond donors (Lipinski definition) is 1. The first-order valence-corrected chi connectivity index (χ1v) is 14.4. The molecular weight excluding hydrogens is 615 g/mol. The maximum Gasteiger partial charge on any atom is 2.00 e. The van der Waals surface area contributed by atoms with Gasteiger partial charge in [0.05, 0.1) is 16.6 Å². The van der Waals surface area contributed by atoms with E-state index in [1.807, 2.05) is 6.07 Å². The van der Waals surface area contributed by atoms with E-state index in [9.17, 15) is 13.5 Å². The van der Waals surface area contributed by atoms with Gasteiger partial charge in [-0.15, -0.1) is 0 Å². The summed E-state index contributed by atoms with van der Waals surface area (Å²) >= 11 is 0. The van der Waals surface area contributed by atoms with Crippen LogP contribution in [-0.2, 0) is 22.2 Å². The second-order valence-electron chi connectivity index (χ2n) is 10.5. The summed E-state index contributed by atoms with van der Waals surface area (Å²) in [7, 11) is -3.82. The minimum atomic E-state index is -3.82.